The summed E-state index contributed by atoms with van der Waals surface area (Å²) in [7, 11) is 0. The number of nitrogens with one attached hydrogen (secondary N) is 1. The number of anilines is 3. The molecule has 0 aliphatic heterocycles. The first-order valence-electron chi connectivity index (χ1n) is 8.61. The zero-order valence-electron chi connectivity index (χ0n) is 15.1. The van der Waals surface area contributed by atoms with Crippen molar-refractivity contribution in [1.29, 1.82) is 0 Å². The Morgan fingerprint density at radius 1 is 0.966 bits per heavy atom. The lowest BCUT2D eigenvalue weighted by atomic mass is 10.3. The molecule has 0 bridgehead atoms. The highest BCUT2D eigenvalue weighted by molar-refractivity contribution is 7.97. The van der Waals surface area contributed by atoms with E-state index in [1.807, 2.05) is 30.3 Å². The zero-order chi connectivity index (χ0) is 20.1. The van der Waals surface area contributed by atoms with Gasteiger partial charge in [-0.05, 0) is 46.8 Å². The SMILES string of the molecule is Nc1nc(CSCc2nnnn2-c2ccccc2)nc(Nc2ccc(F)cc2)n1. The molecule has 0 aliphatic rings. The zero-order valence-corrected chi connectivity index (χ0v) is 15.9. The fourth-order valence-corrected chi connectivity index (χ4v) is 3.30. The van der Waals surface area contributed by atoms with Crippen molar-refractivity contribution in [3.8, 4) is 5.69 Å². The van der Waals surface area contributed by atoms with E-state index >= 15 is 0 Å². The number of nitrogens with zero attached hydrogens (tertiary/aromatic N) is 7. The van der Waals surface area contributed by atoms with Gasteiger partial charge in [-0.3, -0.25) is 0 Å². The first-order valence-corrected chi connectivity index (χ1v) is 9.76. The number of nitrogen functional groups attached to an aromatic ring is 1. The molecule has 2 heterocycles. The maximum Gasteiger partial charge on any atom is 0.232 e. The molecule has 4 aromatic rings. The number of hydrogen-bond acceptors (Lipinski definition) is 9. The summed E-state index contributed by atoms with van der Waals surface area (Å²) in [5.41, 5.74) is 7.34. The molecule has 0 unspecified atom stereocenters. The number of nitrogens with two attached hydrogens (primary N) is 1. The highest BCUT2D eigenvalue weighted by Crippen LogP contribution is 2.19. The van der Waals surface area contributed by atoms with Gasteiger partial charge in [-0.15, -0.1) is 16.9 Å². The number of benzene rings is 2. The summed E-state index contributed by atoms with van der Waals surface area (Å²) in [6.07, 6.45) is 0. The van der Waals surface area contributed by atoms with Crippen molar-refractivity contribution < 1.29 is 4.39 Å². The van der Waals surface area contributed by atoms with Crippen molar-refractivity contribution in [3.05, 3.63) is 72.1 Å². The fourth-order valence-electron chi connectivity index (χ4n) is 2.52. The summed E-state index contributed by atoms with van der Waals surface area (Å²) in [6, 6.07) is 15.5. The summed E-state index contributed by atoms with van der Waals surface area (Å²) >= 11 is 1.55. The third kappa shape index (κ3) is 4.82. The van der Waals surface area contributed by atoms with Crippen LogP contribution < -0.4 is 11.1 Å². The second-order valence-corrected chi connectivity index (χ2v) is 6.89. The van der Waals surface area contributed by atoms with Crippen LogP contribution in [0.5, 0.6) is 0 Å². The van der Waals surface area contributed by atoms with E-state index in [0.29, 0.717) is 34.8 Å². The van der Waals surface area contributed by atoms with E-state index in [-0.39, 0.29) is 11.8 Å². The Kier molecular flexibility index (Phi) is 5.56. The molecule has 4 rings (SSSR count). The molecule has 146 valence electrons. The van der Waals surface area contributed by atoms with Crippen molar-refractivity contribution in [2.75, 3.05) is 11.1 Å². The molecule has 0 saturated heterocycles. The lowest BCUT2D eigenvalue weighted by Gasteiger charge is -2.07. The van der Waals surface area contributed by atoms with E-state index in [2.05, 4.69) is 35.8 Å². The van der Waals surface area contributed by atoms with Crippen molar-refractivity contribution >= 4 is 29.3 Å². The van der Waals surface area contributed by atoms with Gasteiger partial charge in [0.1, 0.15) is 11.6 Å². The minimum atomic E-state index is -0.319. The van der Waals surface area contributed by atoms with Crippen LogP contribution in [0.2, 0.25) is 0 Å². The molecule has 29 heavy (non-hydrogen) atoms. The largest absolute Gasteiger partial charge is 0.368 e. The van der Waals surface area contributed by atoms with Gasteiger partial charge in [0.05, 0.1) is 17.2 Å². The summed E-state index contributed by atoms with van der Waals surface area (Å²) < 4.78 is 14.7. The molecule has 0 amide bonds. The van der Waals surface area contributed by atoms with Gasteiger partial charge in [0, 0.05) is 5.69 Å². The Bertz CT molecular complexity index is 1090. The van der Waals surface area contributed by atoms with E-state index in [1.165, 1.54) is 12.1 Å². The summed E-state index contributed by atoms with van der Waals surface area (Å²) in [5, 5.41) is 14.9. The average Bonchev–Trinajstić information content (AvgIpc) is 3.19. The van der Waals surface area contributed by atoms with Gasteiger partial charge in [0.2, 0.25) is 11.9 Å². The van der Waals surface area contributed by atoms with E-state index in [9.17, 15) is 4.39 Å². The van der Waals surface area contributed by atoms with Crippen molar-refractivity contribution in [2.45, 2.75) is 11.5 Å². The Balaban J connectivity index is 1.41. The van der Waals surface area contributed by atoms with Gasteiger partial charge in [-0.25, -0.2) is 4.39 Å². The molecule has 0 atom stereocenters. The van der Waals surface area contributed by atoms with Gasteiger partial charge < -0.3 is 11.1 Å². The quantitative estimate of drug-likeness (QED) is 0.474. The molecule has 11 heteroatoms. The fraction of sp³-hybridized carbons (Fsp3) is 0.111. The summed E-state index contributed by atoms with van der Waals surface area (Å²) in [6.45, 7) is 0. The second kappa shape index (κ2) is 8.61. The number of halogens is 1. The normalized spacial score (nSPS) is 10.8. The molecule has 0 fully saturated rings. The maximum atomic E-state index is 13.0. The number of para-hydroxylation sites is 1. The average molecular weight is 409 g/mol. The van der Waals surface area contributed by atoms with Crippen LogP contribution in [0.15, 0.2) is 54.6 Å². The van der Waals surface area contributed by atoms with Crippen LogP contribution in [0.25, 0.3) is 5.69 Å². The predicted octanol–water partition coefficient (Wildman–Crippen LogP) is 2.75. The predicted molar refractivity (Wildman–Crippen MR) is 108 cm³/mol. The lowest BCUT2D eigenvalue weighted by Crippen LogP contribution is -2.07. The molecule has 0 aliphatic carbocycles. The molecule has 3 N–H and O–H groups in total. The number of tetrazole rings is 1. The maximum absolute atomic E-state index is 13.0. The first kappa shape index (κ1) is 18.7. The standard InChI is InChI=1S/C18H16FN9S/c19-12-6-8-13(9-7-12)21-18-23-15(22-17(20)24-18)10-29-11-16-25-26-27-28(16)14-4-2-1-3-5-14/h1-9H,10-11H2,(H3,20,21,22,23,24). The van der Waals surface area contributed by atoms with Crippen LogP contribution in [-0.2, 0) is 11.5 Å². The van der Waals surface area contributed by atoms with Crippen LogP contribution in [0, 0.1) is 5.82 Å². The minimum Gasteiger partial charge on any atom is -0.368 e. The van der Waals surface area contributed by atoms with Crippen molar-refractivity contribution in [3.63, 3.8) is 0 Å². The van der Waals surface area contributed by atoms with E-state index in [1.54, 1.807) is 28.6 Å². The smallest absolute Gasteiger partial charge is 0.232 e. The summed E-state index contributed by atoms with van der Waals surface area (Å²) in [4.78, 5) is 12.6. The van der Waals surface area contributed by atoms with Crippen molar-refractivity contribution in [2.24, 2.45) is 0 Å². The molecule has 0 radical (unpaired) electrons. The lowest BCUT2D eigenvalue weighted by molar-refractivity contribution is 0.628. The number of thioether (sulfide) groups is 1. The molecule has 0 spiro atoms. The van der Waals surface area contributed by atoms with E-state index < -0.39 is 0 Å². The third-order valence-corrected chi connectivity index (χ3v) is 4.72. The first-order chi connectivity index (χ1) is 14.2. The molecule has 9 nitrogen and oxygen atoms in total. The van der Waals surface area contributed by atoms with Crippen LogP contribution in [-0.4, -0.2) is 35.2 Å². The van der Waals surface area contributed by atoms with E-state index in [0.717, 1.165) is 5.69 Å². The summed E-state index contributed by atoms with van der Waals surface area (Å²) in [5.74, 6) is 2.38. The minimum absolute atomic E-state index is 0.106. The van der Waals surface area contributed by atoms with Gasteiger partial charge in [0.25, 0.3) is 0 Å². The highest BCUT2D eigenvalue weighted by Gasteiger charge is 2.10. The molecule has 2 aromatic carbocycles. The molecular formula is C18H16FN9S. The van der Waals surface area contributed by atoms with E-state index in [4.69, 9.17) is 5.73 Å². The molecule has 0 saturated carbocycles. The molecular weight excluding hydrogens is 393 g/mol. The van der Waals surface area contributed by atoms with Crippen LogP contribution >= 0.6 is 11.8 Å². The topological polar surface area (TPSA) is 120 Å². The Hall–Kier alpha value is -3.60. The van der Waals surface area contributed by atoms with Gasteiger partial charge in [-0.2, -0.15) is 19.6 Å². The number of hydrogen-bond donors (Lipinski definition) is 2. The Morgan fingerprint density at radius 2 is 1.76 bits per heavy atom. The van der Waals surface area contributed by atoms with Gasteiger partial charge in [0.15, 0.2) is 5.82 Å². The Labute approximate surface area is 169 Å². The van der Waals surface area contributed by atoms with Gasteiger partial charge in [-0.1, -0.05) is 18.2 Å². The number of rotatable bonds is 7. The third-order valence-electron chi connectivity index (χ3n) is 3.80. The van der Waals surface area contributed by atoms with Crippen LogP contribution in [0.3, 0.4) is 0 Å². The molecule has 2 aromatic heterocycles. The highest BCUT2D eigenvalue weighted by atomic mass is 32.2. The van der Waals surface area contributed by atoms with Crippen LogP contribution in [0.1, 0.15) is 11.6 Å². The Morgan fingerprint density at radius 3 is 2.55 bits per heavy atom. The number of aromatic nitrogens is 7. The van der Waals surface area contributed by atoms with Crippen molar-refractivity contribution in [1.82, 2.24) is 35.2 Å². The second-order valence-electron chi connectivity index (χ2n) is 5.90. The van der Waals surface area contributed by atoms with Crippen LogP contribution in [0.4, 0.5) is 22.0 Å². The van der Waals surface area contributed by atoms with Gasteiger partial charge >= 0.3 is 0 Å². The monoisotopic (exact) mass is 409 g/mol.